The van der Waals surface area contributed by atoms with E-state index in [1.165, 1.54) is 5.56 Å². The molecule has 1 aliphatic carbocycles. The number of anilines is 1. The van der Waals surface area contributed by atoms with E-state index in [0.29, 0.717) is 27.8 Å². The first-order chi connectivity index (χ1) is 9.30. The van der Waals surface area contributed by atoms with Crippen molar-refractivity contribution in [1.29, 1.82) is 0 Å². The number of aryl methyl sites for hydroxylation is 1. The van der Waals surface area contributed by atoms with Gasteiger partial charge < -0.3 is 10.7 Å². The molecule has 3 nitrogen and oxygen atoms in total. The molecule has 5 heteroatoms. The number of H-pyrrole nitrogens is 1. The fourth-order valence-electron chi connectivity index (χ4n) is 3.33. The van der Waals surface area contributed by atoms with E-state index in [9.17, 15) is 0 Å². The van der Waals surface area contributed by atoms with Gasteiger partial charge in [0.25, 0.3) is 0 Å². The average molecular weight is 310 g/mol. The standard InChI is InChI=1S/C15H17Cl2N3/c1-7-13(20-14(18)19-7)12-11(15(12,2)3)8-4-9(16)6-10(17)5-8/h4-6,11-12H,1-3H3,(H3,18,19,20)/t11-,12?/m0/s1. The molecular weight excluding hydrogens is 293 g/mol. The second-order valence-electron chi connectivity index (χ2n) is 6.11. The summed E-state index contributed by atoms with van der Waals surface area (Å²) in [5.41, 5.74) is 9.14. The van der Waals surface area contributed by atoms with E-state index in [-0.39, 0.29) is 5.41 Å². The zero-order chi connectivity index (χ0) is 14.7. The second-order valence-corrected chi connectivity index (χ2v) is 6.98. The Hall–Kier alpha value is -1.19. The molecule has 2 atom stereocenters. The van der Waals surface area contributed by atoms with E-state index in [2.05, 4.69) is 23.8 Å². The third kappa shape index (κ3) is 2.09. The molecule has 20 heavy (non-hydrogen) atoms. The van der Waals surface area contributed by atoms with Crippen LogP contribution in [0.2, 0.25) is 10.0 Å². The van der Waals surface area contributed by atoms with Gasteiger partial charge in [0.2, 0.25) is 0 Å². The van der Waals surface area contributed by atoms with Crippen molar-refractivity contribution in [3.63, 3.8) is 0 Å². The SMILES string of the molecule is Cc1[nH]c(N)nc1C1[C@H](c2cc(Cl)cc(Cl)c2)C1(C)C. The Morgan fingerprint density at radius 1 is 1.15 bits per heavy atom. The van der Waals surface area contributed by atoms with Gasteiger partial charge in [-0.15, -0.1) is 0 Å². The number of imidazole rings is 1. The van der Waals surface area contributed by atoms with Crippen LogP contribution < -0.4 is 5.73 Å². The lowest BCUT2D eigenvalue weighted by molar-refractivity contribution is 0.597. The Kier molecular flexibility index (Phi) is 3.03. The maximum Gasteiger partial charge on any atom is 0.197 e. The molecule has 1 saturated carbocycles. The second kappa shape index (κ2) is 4.40. The van der Waals surface area contributed by atoms with Gasteiger partial charge in [-0.05, 0) is 42.0 Å². The number of nitrogens with two attached hydrogens (primary N) is 1. The summed E-state index contributed by atoms with van der Waals surface area (Å²) >= 11 is 12.2. The highest BCUT2D eigenvalue weighted by atomic mass is 35.5. The van der Waals surface area contributed by atoms with E-state index in [1.54, 1.807) is 6.07 Å². The molecule has 106 valence electrons. The van der Waals surface area contributed by atoms with Crippen LogP contribution in [-0.2, 0) is 0 Å². The largest absolute Gasteiger partial charge is 0.369 e. The van der Waals surface area contributed by atoms with E-state index in [1.807, 2.05) is 19.1 Å². The van der Waals surface area contributed by atoms with E-state index in [4.69, 9.17) is 28.9 Å². The van der Waals surface area contributed by atoms with E-state index >= 15 is 0 Å². The number of hydrogen-bond acceptors (Lipinski definition) is 2. The van der Waals surface area contributed by atoms with Gasteiger partial charge in [0.15, 0.2) is 5.95 Å². The molecule has 1 aromatic carbocycles. The van der Waals surface area contributed by atoms with Gasteiger partial charge in [0.05, 0.1) is 5.69 Å². The minimum Gasteiger partial charge on any atom is -0.369 e. The van der Waals surface area contributed by atoms with Crippen LogP contribution in [-0.4, -0.2) is 9.97 Å². The zero-order valence-electron chi connectivity index (χ0n) is 11.7. The Balaban J connectivity index is 2.01. The lowest BCUT2D eigenvalue weighted by Gasteiger charge is -2.04. The molecule has 1 aromatic heterocycles. The maximum atomic E-state index is 6.12. The van der Waals surface area contributed by atoms with Crippen LogP contribution in [0.25, 0.3) is 0 Å². The number of hydrogen-bond donors (Lipinski definition) is 2. The number of benzene rings is 1. The minimum absolute atomic E-state index is 0.125. The van der Waals surface area contributed by atoms with Crippen LogP contribution in [0.1, 0.15) is 42.6 Å². The fourth-order valence-corrected chi connectivity index (χ4v) is 3.87. The zero-order valence-corrected chi connectivity index (χ0v) is 13.2. The molecule has 3 rings (SSSR count). The number of nitrogens with one attached hydrogen (secondary N) is 1. The van der Waals surface area contributed by atoms with E-state index < -0.39 is 0 Å². The third-order valence-electron chi connectivity index (χ3n) is 4.31. The van der Waals surface area contributed by atoms with Crippen molar-refractivity contribution in [2.24, 2.45) is 5.41 Å². The fraction of sp³-hybridized carbons (Fsp3) is 0.400. The summed E-state index contributed by atoms with van der Waals surface area (Å²) in [5, 5.41) is 1.35. The van der Waals surface area contributed by atoms with Gasteiger partial charge >= 0.3 is 0 Å². The van der Waals surface area contributed by atoms with Crippen LogP contribution in [0.15, 0.2) is 18.2 Å². The van der Waals surface area contributed by atoms with Crippen LogP contribution in [0.4, 0.5) is 5.95 Å². The van der Waals surface area contributed by atoms with Gasteiger partial charge in [-0.3, -0.25) is 0 Å². The van der Waals surface area contributed by atoms with Gasteiger partial charge in [0.1, 0.15) is 0 Å². The molecule has 1 unspecified atom stereocenters. The molecule has 0 spiro atoms. The number of rotatable bonds is 2. The smallest absolute Gasteiger partial charge is 0.197 e. The summed E-state index contributed by atoms with van der Waals surface area (Å²) in [7, 11) is 0. The van der Waals surface area contributed by atoms with Crippen molar-refractivity contribution in [2.45, 2.75) is 32.6 Å². The molecule has 0 aliphatic heterocycles. The van der Waals surface area contributed by atoms with Crippen LogP contribution in [0.3, 0.4) is 0 Å². The average Bonchev–Trinajstić information content (AvgIpc) is 2.70. The molecule has 1 heterocycles. The quantitative estimate of drug-likeness (QED) is 0.857. The molecule has 1 aliphatic rings. The first-order valence-corrected chi connectivity index (χ1v) is 7.34. The van der Waals surface area contributed by atoms with Gasteiger partial charge in [-0.25, -0.2) is 4.98 Å². The highest BCUT2D eigenvalue weighted by molar-refractivity contribution is 6.34. The topological polar surface area (TPSA) is 54.7 Å². The van der Waals surface area contributed by atoms with Crippen molar-refractivity contribution < 1.29 is 0 Å². The van der Waals surface area contributed by atoms with Crippen molar-refractivity contribution in [2.75, 3.05) is 5.73 Å². The number of aromatic amines is 1. The summed E-state index contributed by atoms with van der Waals surface area (Å²) in [6.07, 6.45) is 0. The Morgan fingerprint density at radius 2 is 1.75 bits per heavy atom. The van der Waals surface area contributed by atoms with Gasteiger partial charge in [0, 0.05) is 21.7 Å². The number of nitrogens with zero attached hydrogens (tertiary/aromatic N) is 1. The van der Waals surface area contributed by atoms with Crippen LogP contribution >= 0.6 is 23.2 Å². The highest BCUT2D eigenvalue weighted by Gasteiger charge is 2.60. The summed E-state index contributed by atoms with van der Waals surface area (Å²) < 4.78 is 0. The van der Waals surface area contributed by atoms with Crippen molar-refractivity contribution in [1.82, 2.24) is 9.97 Å². The molecule has 3 N–H and O–H groups in total. The highest BCUT2D eigenvalue weighted by Crippen LogP contribution is 2.70. The van der Waals surface area contributed by atoms with Gasteiger partial charge in [-0.1, -0.05) is 37.0 Å². The Bertz CT molecular complexity index is 656. The van der Waals surface area contributed by atoms with E-state index in [0.717, 1.165) is 11.4 Å². The normalized spacial score (nSPS) is 23.9. The molecule has 2 aromatic rings. The number of aromatic nitrogens is 2. The Morgan fingerprint density at radius 3 is 2.25 bits per heavy atom. The van der Waals surface area contributed by atoms with Crippen molar-refractivity contribution in [3.8, 4) is 0 Å². The van der Waals surface area contributed by atoms with Crippen LogP contribution in [0.5, 0.6) is 0 Å². The lowest BCUT2D eigenvalue weighted by Crippen LogP contribution is -1.92. The van der Waals surface area contributed by atoms with Crippen molar-refractivity contribution >= 4 is 29.2 Å². The molecule has 1 fully saturated rings. The molecule has 0 radical (unpaired) electrons. The van der Waals surface area contributed by atoms with Crippen molar-refractivity contribution in [3.05, 3.63) is 45.2 Å². The molecule has 0 saturated heterocycles. The minimum atomic E-state index is 0.125. The third-order valence-corrected chi connectivity index (χ3v) is 4.74. The predicted molar refractivity (Wildman–Crippen MR) is 83.5 cm³/mol. The predicted octanol–water partition coefficient (Wildman–Crippen LogP) is 4.51. The summed E-state index contributed by atoms with van der Waals surface area (Å²) in [6.45, 7) is 6.48. The number of nitrogen functional groups attached to an aromatic ring is 1. The lowest BCUT2D eigenvalue weighted by atomic mass is 10.0. The molecular formula is C15H17Cl2N3. The van der Waals surface area contributed by atoms with Gasteiger partial charge in [-0.2, -0.15) is 0 Å². The van der Waals surface area contributed by atoms with Crippen LogP contribution in [0, 0.1) is 12.3 Å². The first-order valence-electron chi connectivity index (χ1n) is 6.58. The number of halogens is 2. The summed E-state index contributed by atoms with van der Waals surface area (Å²) in [4.78, 5) is 7.52. The Labute approximate surface area is 128 Å². The maximum absolute atomic E-state index is 6.12. The molecule has 0 amide bonds. The summed E-state index contributed by atoms with van der Waals surface area (Å²) in [5.74, 6) is 1.17. The first kappa shape index (κ1) is 13.8. The monoisotopic (exact) mass is 309 g/mol. The molecule has 0 bridgehead atoms. The summed E-state index contributed by atoms with van der Waals surface area (Å²) in [6, 6.07) is 5.74.